The maximum Gasteiger partial charge on any atom is 0.125 e. The van der Waals surface area contributed by atoms with Crippen LogP contribution in [0.5, 0.6) is 0 Å². The molecule has 17 heavy (non-hydrogen) atoms. The molecule has 1 unspecified atom stereocenters. The van der Waals surface area contributed by atoms with Crippen LogP contribution in [0.3, 0.4) is 0 Å². The Labute approximate surface area is 107 Å². The number of anilines is 1. The molecule has 0 bridgehead atoms. The molecule has 0 amide bonds. The quantitative estimate of drug-likeness (QED) is 0.891. The van der Waals surface area contributed by atoms with Gasteiger partial charge in [0.15, 0.2) is 0 Å². The van der Waals surface area contributed by atoms with Crippen LogP contribution in [0.2, 0.25) is 5.02 Å². The molecule has 1 aromatic carbocycles. The first-order valence-corrected chi connectivity index (χ1v) is 6.52. The van der Waals surface area contributed by atoms with Crippen LogP contribution < -0.4 is 10.2 Å². The van der Waals surface area contributed by atoms with Gasteiger partial charge in [0.05, 0.1) is 10.7 Å². The summed E-state index contributed by atoms with van der Waals surface area (Å²) in [5.74, 6) is -0.227. The van der Waals surface area contributed by atoms with Crippen molar-refractivity contribution in [2.45, 2.75) is 25.8 Å². The molecule has 1 atom stereocenters. The molecular weight excluding hydrogens is 239 g/mol. The van der Waals surface area contributed by atoms with Gasteiger partial charge in [-0.25, -0.2) is 4.39 Å². The minimum absolute atomic E-state index is 0.227. The Kier molecular flexibility index (Phi) is 4.24. The zero-order valence-corrected chi connectivity index (χ0v) is 10.8. The van der Waals surface area contributed by atoms with E-state index < -0.39 is 0 Å². The minimum Gasteiger partial charge on any atom is -0.369 e. The minimum atomic E-state index is -0.227. The molecule has 1 aliphatic rings. The maximum absolute atomic E-state index is 13.2. The molecule has 0 spiro atoms. The molecule has 2 rings (SSSR count). The lowest BCUT2D eigenvalue weighted by Crippen LogP contribution is -2.33. The molecule has 0 saturated carbocycles. The fourth-order valence-corrected chi connectivity index (χ4v) is 2.46. The lowest BCUT2D eigenvalue weighted by molar-refractivity contribution is 0.549. The number of hydrogen-bond acceptors (Lipinski definition) is 2. The van der Waals surface area contributed by atoms with Gasteiger partial charge in [0.2, 0.25) is 0 Å². The zero-order chi connectivity index (χ0) is 12.3. The molecule has 0 aliphatic carbocycles. The number of hydrogen-bond donors (Lipinski definition) is 1. The molecule has 2 nitrogen and oxygen atoms in total. The van der Waals surface area contributed by atoms with E-state index in [-0.39, 0.29) is 5.82 Å². The summed E-state index contributed by atoms with van der Waals surface area (Å²) in [4.78, 5) is 2.15. The van der Waals surface area contributed by atoms with Crippen molar-refractivity contribution in [1.82, 2.24) is 5.32 Å². The van der Waals surface area contributed by atoms with Crippen LogP contribution in [-0.4, -0.2) is 25.7 Å². The molecule has 0 radical (unpaired) electrons. The SMILES string of the molecule is CCCNC1CCN(c2cc(F)ccc2Cl)C1. The molecule has 94 valence electrons. The molecule has 4 heteroatoms. The van der Waals surface area contributed by atoms with Gasteiger partial charge in [0.1, 0.15) is 5.82 Å². The van der Waals surface area contributed by atoms with Crippen molar-refractivity contribution in [3.05, 3.63) is 29.0 Å². The first-order valence-electron chi connectivity index (χ1n) is 6.14. The van der Waals surface area contributed by atoms with Crippen molar-refractivity contribution in [1.29, 1.82) is 0 Å². The van der Waals surface area contributed by atoms with Crippen molar-refractivity contribution in [3.8, 4) is 0 Å². The van der Waals surface area contributed by atoms with Crippen LogP contribution in [0.4, 0.5) is 10.1 Å². The summed E-state index contributed by atoms with van der Waals surface area (Å²) in [7, 11) is 0. The van der Waals surface area contributed by atoms with E-state index in [2.05, 4.69) is 17.1 Å². The van der Waals surface area contributed by atoms with Crippen LogP contribution in [0.15, 0.2) is 18.2 Å². The Balaban J connectivity index is 2.02. The van der Waals surface area contributed by atoms with Crippen molar-refractivity contribution in [3.63, 3.8) is 0 Å². The van der Waals surface area contributed by atoms with Crippen molar-refractivity contribution in [2.24, 2.45) is 0 Å². The molecule has 0 aromatic heterocycles. The number of nitrogens with one attached hydrogen (secondary N) is 1. The van der Waals surface area contributed by atoms with Gasteiger partial charge in [0.25, 0.3) is 0 Å². The predicted molar refractivity (Wildman–Crippen MR) is 70.3 cm³/mol. The highest BCUT2D eigenvalue weighted by Gasteiger charge is 2.23. The average molecular weight is 257 g/mol. The Morgan fingerprint density at radius 3 is 3.12 bits per heavy atom. The highest BCUT2D eigenvalue weighted by atomic mass is 35.5. The van der Waals surface area contributed by atoms with E-state index in [1.165, 1.54) is 12.1 Å². The normalized spacial score (nSPS) is 19.9. The van der Waals surface area contributed by atoms with E-state index in [4.69, 9.17) is 11.6 Å². The van der Waals surface area contributed by atoms with Crippen LogP contribution in [0.25, 0.3) is 0 Å². The van der Waals surface area contributed by atoms with E-state index in [1.807, 2.05) is 0 Å². The first-order chi connectivity index (χ1) is 8.20. The molecule has 1 N–H and O–H groups in total. The summed E-state index contributed by atoms with van der Waals surface area (Å²) in [5, 5.41) is 4.11. The monoisotopic (exact) mass is 256 g/mol. The lowest BCUT2D eigenvalue weighted by Gasteiger charge is -2.20. The predicted octanol–water partition coefficient (Wildman–Crippen LogP) is 3.06. The van der Waals surface area contributed by atoms with Gasteiger partial charge >= 0.3 is 0 Å². The lowest BCUT2D eigenvalue weighted by atomic mass is 10.2. The molecule has 1 aliphatic heterocycles. The highest BCUT2D eigenvalue weighted by Crippen LogP contribution is 2.29. The van der Waals surface area contributed by atoms with E-state index in [0.29, 0.717) is 11.1 Å². The summed E-state index contributed by atoms with van der Waals surface area (Å²) in [5.41, 5.74) is 0.812. The first kappa shape index (κ1) is 12.7. The Bertz CT molecular complexity index is 384. The number of halogens is 2. The highest BCUT2D eigenvalue weighted by molar-refractivity contribution is 6.33. The van der Waals surface area contributed by atoms with Gasteiger partial charge < -0.3 is 10.2 Å². The average Bonchev–Trinajstić information content (AvgIpc) is 2.78. The van der Waals surface area contributed by atoms with Crippen molar-refractivity contribution >= 4 is 17.3 Å². The topological polar surface area (TPSA) is 15.3 Å². The fourth-order valence-electron chi connectivity index (χ4n) is 2.22. The maximum atomic E-state index is 13.2. The largest absolute Gasteiger partial charge is 0.369 e. The van der Waals surface area contributed by atoms with E-state index >= 15 is 0 Å². The molecular formula is C13H18ClFN2. The summed E-state index contributed by atoms with van der Waals surface area (Å²) < 4.78 is 13.2. The number of rotatable bonds is 4. The van der Waals surface area contributed by atoms with E-state index in [1.54, 1.807) is 6.07 Å². The summed E-state index contributed by atoms with van der Waals surface area (Å²) in [6.45, 7) is 5.03. The Morgan fingerprint density at radius 2 is 2.35 bits per heavy atom. The van der Waals surface area contributed by atoms with Gasteiger partial charge in [-0.1, -0.05) is 18.5 Å². The second-order valence-corrected chi connectivity index (χ2v) is 4.89. The number of nitrogens with zero attached hydrogens (tertiary/aromatic N) is 1. The second-order valence-electron chi connectivity index (χ2n) is 4.48. The third-order valence-corrected chi connectivity index (χ3v) is 3.44. The van der Waals surface area contributed by atoms with Crippen LogP contribution in [0, 0.1) is 5.82 Å². The number of benzene rings is 1. The molecule has 1 saturated heterocycles. The van der Waals surface area contributed by atoms with Gasteiger partial charge in [0, 0.05) is 19.1 Å². The standard InChI is InChI=1S/C13H18ClFN2/c1-2-6-16-11-5-7-17(9-11)13-8-10(15)3-4-12(13)14/h3-4,8,11,16H,2,5-7,9H2,1H3. The third-order valence-electron chi connectivity index (χ3n) is 3.12. The van der Waals surface area contributed by atoms with Crippen LogP contribution >= 0.6 is 11.6 Å². The van der Waals surface area contributed by atoms with Crippen molar-refractivity contribution < 1.29 is 4.39 Å². The van der Waals surface area contributed by atoms with Crippen LogP contribution in [0.1, 0.15) is 19.8 Å². The fraction of sp³-hybridized carbons (Fsp3) is 0.538. The molecule has 1 fully saturated rings. The molecule has 1 aromatic rings. The Morgan fingerprint density at radius 1 is 1.53 bits per heavy atom. The summed E-state index contributed by atoms with van der Waals surface area (Å²) >= 11 is 6.10. The van der Waals surface area contributed by atoms with Crippen LogP contribution in [-0.2, 0) is 0 Å². The summed E-state index contributed by atoms with van der Waals surface area (Å²) in [6.07, 6.45) is 2.23. The van der Waals surface area contributed by atoms with Gasteiger partial charge in [-0.3, -0.25) is 0 Å². The zero-order valence-electron chi connectivity index (χ0n) is 10.0. The van der Waals surface area contributed by atoms with E-state index in [9.17, 15) is 4.39 Å². The Hall–Kier alpha value is -0.800. The molecule has 1 heterocycles. The second kappa shape index (κ2) is 5.69. The van der Waals surface area contributed by atoms with Crippen molar-refractivity contribution in [2.75, 3.05) is 24.5 Å². The van der Waals surface area contributed by atoms with Gasteiger partial charge in [-0.15, -0.1) is 0 Å². The van der Waals surface area contributed by atoms with E-state index in [0.717, 1.165) is 38.2 Å². The third kappa shape index (κ3) is 3.11. The summed E-state index contributed by atoms with van der Waals surface area (Å²) in [6, 6.07) is 5.03. The smallest absolute Gasteiger partial charge is 0.125 e. The van der Waals surface area contributed by atoms with Gasteiger partial charge in [-0.05, 0) is 37.6 Å². The van der Waals surface area contributed by atoms with Gasteiger partial charge in [-0.2, -0.15) is 0 Å².